The van der Waals surface area contributed by atoms with Crippen molar-refractivity contribution in [1.82, 2.24) is 20.1 Å². The number of nitrogen functional groups attached to an aromatic ring is 1. The Morgan fingerprint density at radius 1 is 0.944 bits per heavy atom. The molecule has 6 aromatic rings. The largest absolute Gasteiger partial charge is 0.455 e. The quantitative estimate of drug-likeness (QED) is 0.317. The Morgan fingerprint density at radius 2 is 1.67 bits per heavy atom. The SMILES string of the molecule is Cc1cc(C)n(Cc2ccc3c(c2)c2oc3c3cc(C(=O)NCc4c(C)cc(N)nc4C)ccc32)n1. The molecule has 2 bridgehead atoms. The maximum Gasteiger partial charge on any atom is 0.251 e. The van der Waals surface area contributed by atoms with Crippen LogP contribution < -0.4 is 11.1 Å². The summed E-state index contributed by atoms with van der Waals surface area (Å²) in [6, 6.07) is 16.1. The number of amides is 1. The standard InChI is InChI=1S/C29H27N5O2/c1-15-9-26(30)32-18(4)25(15)13-31-29(35)20-6-8-22-24(12-20)28-21-7-5-19(11-23(21)27(22)36-28)14-34-17(3)10-16(2)33-34/h5-12H,13-14H2,1-4H3,(H2,30,32)(H,31,35). The van der Waals surface area contributed by atoms with Gasteiger partial charge in [0, 0.05) is 45.0 Å². The van der Waals surface area contributed by atoms with E-state index in [4.69, 9.17) is 10.2 Å². The molecular formula is C29H27N5O2. The average molecular weight is 478 g/mol. The van der Waals surface area contributed by atoms with Gasteiger partial charge in [-0.3, -0.25) is 9.48 Å². The van der Waals surface area contributed by atoms with Gasteiger partial charge in [0.05, 0.1) is 12.2 Å². The molecule has 0 aliphatic carbocycles. The zero-order valence-corrected chi connectivity index (χ0v) is 20.8. The van der Waals surface area contributed by atoms with E-state index in [1.165, 1.54) is 5.56 Å². The van der Waals surface area contributed by atoms with E-state index in [0.717, 1.165) is 60.9 Å². The molecule has 1 amide bonds. The summed E-state index contributed by atoms with van der Waals surface area (Å²) < 4.78 is 8.23. The molecule has 0 aliphatic heterocycles. The second kappa shape index (κ2) is 8.09. The van der Waals surface area contributed by atoms with Crippen LogP contribution in [0.4, 0.5) is 5.82 Å². The van der Waals surface area contributed by atoms with Crippen molar-refractivity contribution in [1.29, 1.82) is 0 Å². The molecule has 4 heterocycles. The Hall–Kier alpha value is -4.39. The van der Waals surface area contributed by atoms with Gasteiger partial charge in [-0.15, -0.1) is 0 Å². The van der Waals surface area contributed by atoms with Crippen LogP contribution in [-0.4, -0.2) is 20.7 Å². The predicted molar refractivity (Wildman–Crippen MR) is 143 cm³/mol. The normalized spacial score (nSPS) is 11.8. The molecule has 180 valence electrons. The minimum absolute atomic E-state index is 0.137. The molecule has 3 N–H and O–H groups in total. The van der Waals surface area contributed by atoms with Crippen LogP contribution in [0.3, 0.4) is 0 Å². The van der Waals surface area contributed by atoms with E-state index in [9.17, 15) is 4.79 Å². The van der Waals surface area contributed by atoms with E-state index in [0.29, 0.717) is 24.5 Å². The van der Waals surface area contributed by atoms with Crippen LogP contribution in [0.1, 0.15) is 44.1 Å². The lowest BCUT2D eigenvalue weighted by Gasteiger charge is -2.11. The molecule has 0 unspecified atom stereocenters. The highest BCUT2D eigenvalue weighted by Crippen LogP contribution is 2.41. The van der Waals surface area contributed by atoms with Gasteiger partial charge in [-0.25, -0.2) is 4.98 Å². The van der Waals surface area contributed by atoms with Crippen LogP contribution in [0, 0.1) is 27.7 Å². The van der Waals surface area contributed by atoms with Crippen LogP contribution in [0.2, 0.25) is 0 Å². The summed E-state index contributed by atoms with van der Waals surface area (Å²) in [4.78, 5) is 17.3. The van der Waals surface area contributed by atoms with Crippen LogP contribution in [0.15, 0.2) is 52.9 Å². The number of rotatable bonds is 5. The van der Waals surface area contributed by atoms with Crippen LogP contribution >= 0.6 is 0 Å². The molecule has 0 fully saturated rings. The fourth-order valence-electron chi connectivity index (χ4n) is 5.19. The molecule has 7 nitrogen and oxygen atoms in total. The minimum Gasteiger partial charge on any atom is -0.455 e. The highest BCUT2D eigenvalue weighted by Gasteiger charge is 2.19. The lowest BCUT2D eigenvalue weighted by atomic mass is 10.00. The molecule has 0 saturated carbocycles. The summed E-state index contributed by atoms with van der Waals surface area (Å²) in [6.45, 7) is 9.07. The number of hydrogen-bond donors (Lipinski definition) is 2. The molecule has 2 aromatic carbocycles. The second-order valence-electron chi connectivity index (χ2n) is 9.60. The smallest absolute Gasteiger partial charge is 0.251 e. The number of anilines is 1. The monoisotopic (exact) mass is 477 g/mol. The van der Waals surface area contributed by atoms with E-state index in [2.05, 4.69) is 46.6 Å². The molecule has 0 aliphatic rings. The van der Waals surface area contributed by atoms with Crippen molar-refractivity contribution < 1.29 is 9.21 Å². The Bertz CT molecular complexity index is 1770. The molecule has 4 aromatic heterocycles. The summed E-state index contributed by atoms with van der Waals surface area (Å²) in [6.07, 6.45) is 0. The molecule has 0 spiro atoms. The first-order chi connectivity index (χ1) is 17.3. The van der Waals surface area contributed by atoms with Gasteiger partial charge in [-0.1, -0.05) is 12.1 Å². The first-order valence-electron chi connectivity index (χ1n) is 12.0. The Labute approximate surface area is 208 Å². The van der Waals surface area contributed by atoms with E-state index in [1.54, 1.807) is 0 Å². The van der Waals surface area contributed by atoms with Gasteiger partial charge in [-0.2, -0.15) is 5.10 Å². The molecule has 7 heteroatoms. The average Bonchev–Trinajstić information content (AvgIpc) is 3.49. The molecule has 0 saturated heterocycles. The van der Waals surface area contributed by atoms with Crippen LogP contribution in [0.5, 0.6) is 0 Å². The first-order valence-corrected chi connectivity index (χ1v) is 12.0. The van der Waals surface area contributed by atoms with Crippen LogP contribution in [0.25, 0.3) is 32.7 Å². The van der Waals surface area contributed by atoms with Crippen molar-refractivity contribution in [2.75, 3.05) is 5.73 Å². The van der Waals surface area contributed by atoms with E-state index in [-0.39, 0.29) is 5.91 Å². The molecule has 0 atom stereocenters. The number of nitrogens with zero attached hydrogens (tertiary/aromatic N) is 3. The van der Waals surface area contributed by atoms with E-state index >= 15 is 0 Å². The molecule has 6 rings (SSSR count). The summed E-state index contributed by atoms with van der Waals surface area (Å²) in [7, 11) is 0. The Kier molecular flexibility index (Phi) is 4.96. The third-order valence-corrected chi connectivity index (χ3v) is 6.98. The number of aryl methyl sites for hydroxylation is 4. The number of fused-ring (bicyclic) bond motifs is 8. The van der Waals surface area contributed by atoms with Gasteiger partial charge >= 0.3 is 0 Å². The molecule has 36 heavy (non-hydrogen) atoms. The summed E-state index contributed by atoms with van der Waals surface area (Å²) in [5.74, 6) is 0.351. The Balaban J connectivity index is 1.29. The number of carbonyl (C=O) groups excluding carboxylic acids is 1. The number of furan rings is 2. The fraction of sp³-hybridized carbons (Fsp3) is 0.207. The van der Waals surface area contributed by atoms with Gasteiger partial charge < -0.3 is 15.5 Å². The number of carbonyl (C=O) groups is 1. The number of nitrogens with one attached hydrogen (secondary N) is 1. The van der Waals surface area contributed by atoms with E-state index in [1.807, 2.05) is 49.7 Å². The van der Waals surface area contributed by atoms with Gasteiger partial charge in [0.2, 0.25) is 0 Å². The van der Waals surface area contributed by atoms with Crippen molar-refractivity contribution in [2.24, 2.45) is 0 Å². The maximum absolute atomic E-state index is 13.0. The molecule has 0 radical (unpaired) electrons. The van der Waals surface area contributed by atoms with Crippen molar-refractivity contribution in [3.8, 4) is 0 Å². The van der Waals surface area contributed by atoms with Gasteiger partial charge in [0.15, 0.2) is 0 Å². The number of hydrogen-bond acceptors (Lipinski definition) is 5. The summed E-state index contributed by atoms with van der Waals surface area (Å²) in [5, 5.41) is 11.7. The topological polar surface area (TPSA) is 99.0 Å². The molecular weight excluding hydrogens is 450 g/mol. The zero-order valence-electron chi connectivity index (χ0n) is 20.8. The second-order valence-corrected chi connectivity index (χ2v) is 9.60. The predicted octanol–water partition coefficient (Wildman–Crippen LogP) is 5.56. The number of aromatic nitrogens is 3. The van der Waals surface area contributed by atoms with E-state index < -0.39 is 0 Å². The highest BCUT2D eigenvalue weighted by atomic mass is 16.3. The fourth-order valence-corrected chi connectivity index (χ4v) is 5.19. The first kappa shape index (κ1) is 22.1. The maximum atomic E-state index is 13.0. The number of nitrogens with two attached hydrogens (primary N) is 1. The number of benzene rings is 3. The summed E-state index contributed by atoms with van der Waals surface area (Å²) in [5.41, 5.74) is 14.2. The number of pyridine rings is 1. The minimum atomic E-state index is -0.137. The van der Waals surface area contributed by atoms with Crippen molar-refractivity contribution in [2.45, 2.75) is 40.8 Å². The van der Waals surface area contributed by atoms with Crippen molar-refractivity contribution in [3.05, 3.63) is 87.9 Å². The highest BCUT2D eigenvalue weighted by molar-refractivity contribution is 6.25. The van der Waals surface area contributed by atoms with Gasteiger partial charge in [0.1, 0.15) is 17.0 Å². The van der Waals surface area contributed by atoms with Crippen LogP contribution in [-0.2, 0) is 13.1 Å². The van der Waals surface area contributed by atoms with Crippen molar-refractivity contribution in [3.63, 3.8) is 0 Å². The zero-order chi connectivity index (χ0) is 25.1. The third kappa shape index (κ3) is 3.55. The van der Waals surface area contributed by atoms with Gasteiger partial charge in [0.25, 0.3) is 5.91 Å². The lowest BCUT2D eigenvalue weighted by Crippen LogP contribution is -2.24. The third-order valence-electron chi connectivity index (χ3n) is 6.98. The summed E-state index contributed by atoms with van der Waals surface area (Å²) >= 11 is 0. The van der Waals surface area contributed by atoms with Crippen molar-refractivity contribution >= 4 is 44.4 Å². The van der Waals surface area contributed by atoms with Gasteiger partial charge in [-0.05, 0) is 80.8 Å². The lowest BCUT2D eigenvalue weighted by molar-refractivity contribution is 0.0951. The Morgan fingerprint density at radius 3 is 2.36 bits per heavy atom.